The van der Waals surface area contributed by atoms with Crippen LogP contribution in [0.5, 0.6) is 0 Å². The molecule has 0 saturated carbocycles. The molecule has 0 bridgehead atoms. The van der Waals surface area contributed by atoms with E-state index in [0.29, 0.717) is 26.2 Å². The summed E-state index contributed by atoms with van der Waals surface area (Å²) in [4.78, 5) is 38.9. The number of carbonyl (C=O) groups excluding carboxylic acids is 3. The summed E-state index contributed by atoms with van der Waals surface area (Å²) in [5.74, 6) is -0.281. The Morgan fingerprint density at radius 3 is 2.48 bits per heavy atom. The SMILES string of the molecule is COC(=O)Cc1ccccc1CNC(=O)N1CCN(C(C)=O)C[C@H]1C. The van der Waals surface area contributed by atoms with Crippen LogP contribution in [0.1, 0.15) is 25.0 Å². The topological polar surface area (TPSA) is 79.0 Å². The van der Waals surface area contributed by atoms with E-state index in [2.05, 4.69) is 5.32 Å². The summed E-state index contributed by atoms with van der Waals surface area (Å²) < 4.78 is 4.71. The van der Waals surface area contributed by atoms with Gasteiger partial charge in [0.05, 0.1) is 13.5 Å². The van der Waals surface area contributed by atoms with Crippen LogP contribution in [-0.4, -0.2) is 60.5 Å². The summed E-state index contributed by atoms with van der Waals surface area (Å²) in [7, 11) is 1.36. The van der Waals surface area contributed by atoms with Crippen molar-refractivity contribution in [3.05, 3.63) is 35.4 Å². The van der Waals surface area contributed by atoms with Gasteiger partial charge in [-0.15, -0.1) is 0 Å². The zero-order valence-electron chi connectivity index (χ0n) is 14.9. The van der Waals surface area contributed by atoms with E-state index >= 15 is 0 Å². The molecule has 1 N–H and O–H groups in total. The lowest BCUT2D eigenvalue weighted by Gasteiger charge is -2.39. The highest BCUT2D eigenvalue weighted by atomic mass is 16.5. The predicted octanol–water partition coefficient (Wildman–Crippen LogP) is 1.16. The molecule has 1 aromatic rings. The molecule has 0 radical (unpaired) electrons. The first kappa shape index (κ1) is 18.8. The van der Waals surface area contributed by atoms with Crippen molar-refractivity contribution in [1.29, 1.82) is 0 Å². The van der Waals surface area contributed by atoms with Crippen LogP contribution >= 0.6 is 0 Å². The third-order valence-corrected chi connectivity index (χ3v) is 4.44. The first-order valence-corrected chi connectivity index (χ1v) is 8.36. The molecule has 1 aromatic carbocycles. The third-order valence-electron chi connectivity index (χ3n) is 4.44. The predicted molar refractivity (Wildman–Crippen MR) is 92.8 cm³/mol. The van der Waals surface area contributed by atoms with Gasteiger partial charge in [0.1, 0.15) is 0 Å². The van der Waals surface area contributed by atoms with Crippen LogP contribution in [0.15, 0.2) is 24.3 Å². The highest BCUT2D eigenvalue weighted by molar-refractivity contribution is 5.77. The maximum atomic E-state index is 12.5. The van der Waals surface area contributed by atoms with Gasteiger partial charge in [-0.05, 0) is 18.1 Å². The van der Waals surface area contributed by atoms with Crippen molar-refractivity contribution in [3.63, 3.8) is 0 Å². The second kappa shape index (κ2) is 8.50. The Morgan fingerprint density at radius 1 is 1.20 bits per heavy atom. The summed E-state index contributed by atoms with van der Waals surface area (Å²) >= 11 is 0. The van der Waals surface area contributed by atoms with Crippen molar-refractivity contribution in [3.8, 4) is 0 Å². The fraction of sp³-hybridized carbons (Fsp3) is 0.500. The van der Waals surface area contributed by atoms with Crippen molar-refractivity contribution in [1.82, 2.24) is 15.1 Å². The van der Waals surface area contributed by atoms with Crippen LogP contribution in [0, 0.1) is 0 Å². The average molecular weight is 347 g/mol. The number of nitrogens with zero attached hydrogens (tertiary/aromatic N) is 2. The summed E-state index contributed by atoms with van der Waals surface area (Å²) in [5.41, 5.74) is 1.72. The maximum Gasteiger partial charge on any atom is 0.318 e. The fourth-order valence-electron chi connectivity index (χ4n) is 2.95. The second-order valence-electron chi connectivity index (χ2n) is 6.19. The number of ether oxygens (including phenoxy) is 1. The third kappa shape index (κ3) is 4.95. The lowest BCUT2D eigenvalue weighted by Crippen LogP contribution is -2.57. The van der Waals surface area contributed by atoms with Crippen molar-refractivity contribution < 1.29 is 19.1 Å². The Labute approximate surface area is 147 Å². The number of piperazine rings is 1. The molecule has 1 atom stereocenters. The first-order chi connectivity index (χ1) is 11.9. The van der Waals surface area contributed by atoms with Crippen LogP contribution in [0.2, 0.25) is 0 Å². The number of nitrogens with one attached hydrogen (secondary N) is 1. The van der Waals surface area contributed by atoms with E-state index in [1.54, 1.807) is 16.7 Å². The van der Waals surface area contributed by atoms with Crippen molar-refractivity contribution in [2.75, 3.05) is 26.7 Å². The molecular formula is C18H25N3O4. The molecule has 0 aromatic heterocycles. The Morgan fingerprint density at radius 2 is 1.88 bits per heavy atom. The van der Waals surface area contributed by atoms with Gasteiger partial charge in [-0.3, -0.25) is 9.59 Å². The van der Waals surface area contributed by atoms with Crippen molar-refractivity contribution in [2.45, 2.75) is 32.9 Å². The normalized spacial score (nSPS) is 17.2. The van der Waals surface area contributed by atoms with Crippen LogP contribution in [-0.2, 0) is 27.3 Å². The molecule has 136 valence electrons. The molecule has 1 aliphatic rings. The number of hydrogen-bond donors (Lipinski definition) is 1. The van der Waals surface area contributed by atoms with Crippen LogP contribution in [0.3, 0.4) is 0 Å². The molecule has 7 heteroatoms. The van der Waals surface area contributed by atoms with E-state index in [-0.39, 0.29) is 30.4 Å². The number of methoxy groups -OCH3 is 1. The molecule has 25 heavy (non-hydrogen) atoms. The Bertz CT molecular complexity index is 647. The minimum absolute atomic E-state index is 0.0312. The first-order valence-electron chi connectivity index (χ1n) is 8.36. The minimum Gasteiger partial charge on any atom is -0.469 e. The van der Waals surface area contributed by atoms with Gasteiger partial charge in [-0.25, -0.2) is 4.79 Å². The largest absolute Gasteiger partial charge is 0.469 e. The molecule has 3 amide bonds. The minimum atomic E-state index is -0.312. The van der Waals surface area contributed by atoms with Gasteiger partial charge >= 0.3 is 12.0 Å². The highest BCUT2D eigenvalue weighted by Crippen LogP contribution is 2.12. The van der Waals surface area contributed by atoms with E-state index in [0.717, 1.165) is 11.1 Å². The van der Waals surface area contributed by atoms with Crippen LogP contribution in [0.25, 0.3) is 0 Å². The molecule has 0 spiro atoms. The van der Waals surface area contributed by atoms with E-state index in [9.17, 15) is 14.4 Å². The molecule has 0 aliphatic carbocycles. The number of benzene rings is 1. The van der Waals surface area contributed by atoms with E-state index in [4.69, 9.17) is 4.74 Å². The quantitative estimate of drug-likeness (QED) is 0.829. The van der Waals surface area contributed by atoms with Crippen molar-refractivity contribution in [2.24, 2.45) is 0 Å². The van der Waals surface area contributed by atoms with Gasteiger partial charge in [0.15, 0.2) is 0 Å². The van der Waals surface area contributed by atoms with Crippen LogP contribution in [0.4, 0.5) is 4.79 Å². The Hall–Kier alpha value is -2.57. The smallest absolute Gasteiger partial charge is 0.318 e. The summed E-state index contributed by atoms with van der Waals surface area (Å²) in [6.07, 6.45) is 0.177. The second-order valence-corrected chi connectivity index (χ2v) is 6.19. The number of esters is 1. The summed E-state index contributed by atoms with van der Waals surface area (Å²) in [5, 5.41) is 2.91. The number of rotatable bonds is 4. The molecule has 1 saturated heterocycles. The highest BCUT2D eigenvalue weighted by Gasteiger charge is 2.28. The molecule has 2 rings (SSSR count). The molecule has 1 aliphatic heterocycles. The van der Waals surface area contributed by atoms with Gasteiger partial charge in [0, 0.05) is 39.1 Å². The number of urea groups is 1. The molecule has 7 nitrogen and oxygen atoms in total. The molecular weight excluding hydrogens is 322 g/mol. The van der Waals surface area contributed by atoms with Gasteiger partial charge in [-0.2, -0.15) is 0 Å². The lowest BCUT2D eigenvalue weighted by molar-refractivity contribution is -0.139. The van der Waals surface area contributed by atoms with Gasteiger partial charge in [-0.1, -0.05) is 24.3 Å². The van der Waals surface area contributed by atoms with Crippen LogP contribution < -0.4 is 5.32 Å². The van der Waals surface area contributed by atoms with Gasteiger partial charge < -0.3 is 19.9 Å². The number of hydrogen-bond acceptors (Lipinski definition) is 4. The lowest BCUT2D eigenvalue weighted by atomic mass is 10.0. The fourth-order valence-corrected chi connectivity index (χ4v) is 2.95. The maximum absolute atomic E-state index is 12.5. The number of carbonyl (C=O) groups is 3. The van der Waals surface area contributed by atoms with Gasteiger partial charge in [0.2, 0.25) is 5.91 Å². The summed E-state index contributed by atoms with van der Waals surface area (Å²) in [6.45, 7) is 5.41. The Kier molecular flexibility index (Phi) is 6.38. The zero-order valence-corrected chi connectivity index (χ0v) is 14.9. The van der Waals surface area contributed by atoms with Gasteiger partial charge in [0.25, 0.3) is 0 Å². The van der Waals surface area contributed by atoms with E-state index < -0.39 is 0 Å². The number of amides is 3. The summed E-state index contributed by atoms with van der Waals surface area (Å²) in [6, 6.07) is 7.26. The molecule has 1 fully saturated rings. The average Bonchev–Trinajstić information content (AvgIpc) is 2.60. The molecule has 1 heterocycles. The molecule has 0 unspecified atom stereocenters. The Balaban J connectivity index is 1.94. The van der Waals surface area contributed by atoms with E-state index in [1.165, 1.54) is 7.11 Å². The standard InChI is InChI=1S/C18H25N3O4/c1-13-12-20(14(2)22)8-9-21(13)18(24)19-11-16-7-5-4-6-15(16)10-17(23)25-3/h4-7,13H,8-12H2,1-3H3,(H,19,24)/t13-/m1/s1. The monoisotopic (exact) mass is 347 g/mol. The van der Waals surface area contributed by atoms with Crippen molar-refractivity contribution >= 4 is 17.9 Å². The zero-order chi connectivity index (χ0) is 18.4. The van der Waals surface area contributed by atoms with E-state index in [1.807, 2.05) is 31.2 Å².